The smallest absolute Gasteiger partial charge is 0.284 e. The van der Waals surface area contributed by atoms with Gasteiger partial charge in [0.15, 0.2) is 0 Å². The molecule has 0 unspecified atom stereocenters. The molecule has 22 heavy (non-hydrogen) atoms. The Kier molecular flexibility index (Phi) is 3.98. The molecule has 1 aliphatic rings. The van der Waals surface area contributed by atoms with Crippen LogP contribution in [0.5, 0.6) is 5.75 Å². The molecule has 0 bridgehead atoms. The van der Waals surface area contributed by atoms with Crippen molar-refractivity contribution in [3.63, 3.8) is 0 Å². The Morgan fingerprint density at radius 2 is 1.95 bits per heavy atom. The van der Waals surface area contributed by atoms with E-state index in [1.165, 1.54) is 31.9 Å². The summed E-state index contributed by atoms with van der Waals surface area (Å²) < 4.78 is 31.0. The van der Waals surface area contributed by atoms with Crippen LogP contribution < -0.4 is 4.74 Å². The fraction of sp³-hybridized carbons (Fsp3) is 0.333. The highest BCUT2D eigenvalue weighted by molar-refractivity contribution is 7.89. The molecule has 1 aliphatic carbocycles. The van der Waals surface area contributed by atoms with Crippen LogP contribution in [0.1, 0.15) is 31.4 Å². The van der Waals surface area contributed by atoms with E-state index in [0.29, 0.717) is 11.4 Å². The predicted molar refractivity (Wildman–Crippen MR) is 82.0 cm³/mol. The minimum atomic E-state index is -3.72. The summed E-state index contributed by atoms with van der Waals surface area (Å²) in [5.41, 5.74) is 1.71. The van der Waals surface area contributed by atoms with E-state index >= 15 is 0 Å². The highest BCUT2D eigenvalue weighted by Crippen LogP contribution is 2.25. The first-order valence-corrected chi connectivity index (χ1v) is 8.56. The summed E-state index contributed by atoms with van der Waals surface area (Å²) in [6, 6.07) is 6.20. The predicted octanol–water partition coefficient (Wildman–Crippen LogP) is 2.48. The average molecular weight is 319 g/mol. The summed E-state index contributed by atoms with van der Waals surface area (Å²) in [6.07, 6.45) is 7.79. The van der Waals surface area contributed by atoms with Crippen LogP contribution in [0.4, 0.5) is 0 Å². The summed E-state index contributed by atoms with van der Waals surface area (Å²) in [5.74, 6) is 0.602. The molecule has 0 N–H and O–H groups in total. The van der Waals surface area contributed by atoms with Crippen LogP contribution in [0, 0.1) is 0 Å². The molecule has 0 saturated carbocycles. The molecule has 3 rings (SSSR count). The van der Waals surface area contributed by atoms with Crippen molar-refractivity contribution in [2.75, 3.05) is 7.11 Å². The lowest BCUT2D eigenvalue weighted by molar-refractivity contribution is 0.414. The third-order valence-corrected chi connectivity index (χ3v) is 5.24. The van der Waals surface area contributed by atoms with Crippen molar-refractivity contribution >= 4 is 15.6 Å². The number of hydrogen-bond acceptors (Lipinski definition) is 5. The second-order valence-corrected chi connectivity index (χ2v) is 6.93. The van der Waals surface area contributed by atoms with Crippen LogP contribution >= 0.6 is 0 Å². The molecule has 0 atom stereocenters. The zero-order valence-corrected chi connectivity index (χ0v) is 13.1. The third kappa shape index (κ3) is 2.76. The van der Waals surface area contributed by atoms with Gasteiger partial charge >= 0.3 is 0 Å². The van der Waals surface area contributed by atoms with E-state index in [4.69, 9.17) is 4.74 Å². The van der Waals surface area contributed by atoms with Gasteiger partial charge < -0.3 is 4.74 Å². The Balaban J connectivity index is 1.92. The number of rotatable bonds is 4. The number of ether oxygens (including phenoxy) is 1. The number of aromatic nitrogens is 3. The lowest BCUT2D eigenvalue weighted by atomic mass is 9.98. The second kappa shape index (κ2) is 5.92. The Bertz CT molecular complexity index is 792. The van der Waals surface area contributed by atoms with Crippen LogP contribution in [0.3, 0.4) is 0 Å². The Hall–Kier alpha value is -2.15. The lowest BCUT2D eigenvalue weighted by Gasteiger charge is -2.09. The maximum absolute atomic E-state index is 12.5. The van der Waals surface area contributed by atoms with Crippen molar-refractivity contribution < 1.29 is 13.2 Å². The average Bonchev–Trinajstić information content (AvgIpc) is 3.06. The van der Waals surface area contributed by atoms with Crippen molar-refractivity contribution in [3.8, 4) is 5.75 Å². The molecule has 1 aromatic heterocycles. The first-order valence-electron chi connectivity index (χ1n) is 7.12. The molecule has 0 amide bonds. The van der Waals surface area contributed by atoms with Gasteiger partial charge in [0.2, 0.25) is 0 Å². The van der Waals surface area contributed by atoms with E-state index in [9.17, 15) is 8.42 Å². The summed E-state index contributed by atoms with van der Waals surface area (Å²) >= 11 is 0. The van der Waals surface area contributed by atoms with Crippen molar-refractivity contribution in [1.82, 2.24) is 14.4 Å². The van der Waals surface area contributed by atoms with E-state index in [0.717, 1.165) is 28.9 Å². The molecular weight excluding hydrogens is 302 g/mol. The Labute approximate surface area is 129 Å². The molecule has 1 heterocycles. The molecule has 0 radical (unpaired) electrons. The Morgan fingerprint density at radius 3 is 2.59 bits per heavy atom. The minimum absolute atomic E-state index is 0.155. The van der Waals surface area contributed by atoms with Gasteiger partial charge in [0.05, 0.1) is 18.2 Å². The molecule has 2 aromatic rings. The van der Waals surface area contributed by atoms with Crippen molar-refractivity contribution in [1.29, 1.82) is 0 Å². The standard InChI is InChI=1S/C15H17N3O3S/c1-21-13-7-9-14(10-8-13)22(19,20)18-11-15(16-17-18)12-5-3-2-4-6-12/h5,7-11H,2-4,6H2,1H3. The van der Waals surface area contributed by atoms with Gasteiger partial charge in [-0.05, 0) is 55.5 Å². The number of allylic oxidation sites excluding steroid dienone is 2. The van der Waals surface area contributed by atoms with Crippen LogP contribution in [-0.2, 0) is 10.0 Å². The van der Waals surface area contributed by atoms with Crippen molar-refractivity contribution in [3.05, 3.63) is 42.2 Å². The van der Waals surface area contributed by atoms with Gasteiger partial charge in [0.25, 0.3) is 10.0 Å². The van der Waals surface area contributed by atoms with E-state index < -0.39 is 10.0 Å². The zero-order chi connectivity index (χ0) is 15.6. The third-order valence-electron chi connectivity index (χ3n) is 3.70. The quantitative estimate of drug-likeness (QED) is 0.865. The summed E-state index contributed by atoms with van der Waals surface area (Å²) in [5, 5.41) is 7.79. The first kappa shape index (κ1) is 14.8. The molecule has 116 valence electrons. The molecular formula is C15H17N3O3S. The van der Waals surface area contributed by atoms with Gasteiger partial charge in [-0.25, -0.2) is 0 Å². The monoisotopic (exact) mass is 319 g/mol. The number of methoxy groups -OCH3 is 1. The number of nitrogens with zero attached hydrogens (tertiary/aromatic N) is 3. The summed E-state index contributed by atoms with van der Waals surface area (Å²) in [6.45, 7) is 0. The molecule has 0 aliphatic heterocycles. The van der Waals surface area contributed by atoms with Gasteiger partial charge in [0.1, 0.15) is 11.4 Å². The zero-order valence-electron chi connectivity index (χ0n) is 12.3. The van der Waals surface area contributed by atoms with Crippen molar-refractivity contribution in [2.45, 2.75) is 30.6 Å². The van der Waals surface area contributed by atoms with Crippen LogP contribution in [0.25, 0.3) is 5.57 Å². The maximum Gasteiger partial charge on any atom is 0.284 e. The van der Waals surface area contributed by atoms with E-state index in [1.807, 2.05) is 0 Å². The molecule has 0 fully saturated rings. The highest BCUT2D eigenvalue weighted by Gasteiger charge is 2.20. The van der Waals surface area contributed by atoms with Crippen LogP contribution in [-0.4, -0.2) is 29.9 Å². The largest absolute Gasteiger partial charge is 0.497 e. The van der Waals surface area contributed by atoms with E-state index in [2.05, 4.69) is 16.4 Å². The Morgan fingerprint density at radius 1 is 1.18 bits per heavy atom. The van der Waals surface area contributed by atoms with Gasteiger partial charge in [0, 0.05) is 0 Å². The van der Waals surface area contributed by atoms with Crippen molar-refractivity contribution in [2.24, 2.45) is 0 Å². The number of benzene rings is 1. The normalized spacial score (nSPS) is 15.4. The molecule has 6 nitrogen and oxygen atoms in total. The second-order valence-electron chi connectivity index (χ2n) is 5.13. The summed E-state index contributed by atoms with van der Waals surface area (Å²) in [4.78, 5) is 0.155. The van der Waals surface area contributed by atoms with Gasteiger partial charge in [-0.15, -0.1) is 9.19 Å². The minimum Gasteiger partial charge on any atom is -0.497 e. The SMILES string of the molecule is COc1ccc(S(=O)(=O)n2cc(C3=CCCCC3)nn2)cc1. The van der Waals surface area contributed by atoms with E-state index in [-0.39, 0.29) is 4.90 Å². The molecule has 1 aromatic carbocycles. The fourth-order valence-electron chi connectivity index (χ4n) is 2.44. The van der Waals surface area contributed by atoms with Gasteiger partial charge in [-0.1, -0.05) is 11.3 Å². The van der Waals surface area contributed by atoms with Gasteiger partial charge in [-0.3, -0.25) is 0 Å². The van der Waals surface area contributed by atoms with Crippen LogP contribution in [0.15, 0.2) is 41.4 Å². The van der Waals surface area contributed by atoms with Crippen LogP contribution in [0.2, 0.25) is 0 Å². The first-order chi connectivity index (χ1) is 10.6. The van der Waals surface area contributed by atoms with E-state index in [1.54, 1.807) is 12.1 Å². The lowest BCUT2D eigenvalue weighted by Crippen LogP contribution is -2.13. The molecule has 7 heteroatoms. The molecule has 0 saturated heterocycles. The van der Waals surface area contributed by atoms with Gasteiger partial charge in [-0.2, -0.15) is 8.42 Å². The highest BCUT2D eigenvalue weighted by atomic mass is 32.2. The molecule has 0 spiro atoms. The summed E-state index contributed by atoms with van der Waals surface area (Å²) in [7, 11) is -2.19. The number of hydrogen-bond donors (Lipinski definition) is 0. The fourth-order valence-corrected chi connectivity index (χ4v) is 3.51. The maximum atomic E-state index is 12.5. The topological polar surface area (TPSA) is 74.1 Å².